The molecule has 1 N–H and O–H groups in total. The highest BCUT2D eigenvalue weighted by Gasteiger charge is 2.08. The molecule has 1 heterocycles. The minimum Gasteiger partial charge on any atom is -0.449 e. The van der Waals surface area contributed by atoms with E-state index in [4.69, 9.17) is 4.42 Å². The topological polar surface area (TPSA) is 25.2 Å². The fourth-order valence-electron chi connectivity index (χ4n) is 1.54. The lowest BCUT2D eigenvalue weighted by Gasteiger charge is -2.13. The molecule has 102 valence electrons. The molecule has 1 rings (SSSR count). The number of halogens is 2. The second-order valence-electron chi connectivity index (χ2n) is 5.17. The lowest BCUT2D eigenvalue weighted by molar-refractivity contribution is 0.526. The second kappa shape index (κ2) is 7.51. The predicted octanol–water partition coefficient (Wildman–Crippen LogP) is 5.09. The highest BCUT2D eigenvalue weighted by molar-refractivity contribution is 9.13. The maximum absolute atomic E-state index is 5.59. The summed E-state index contributed by atoms with van der Waals surface area (Å²) < 4.78 is 7.28. The molecule has 4 heteroatoms. The van der Waals surface area contributed by atoms with Crippen LogP contribution in [-0.4, -0.2) is 13.1 Å². The summed E-state index contributed by atoms with van der Waals surface area (Å²) in [5.41, 5.74) is 1.35. The number of rotatable bonds is 6. The van der Waals surface area contributed by atoms with Gasteiger partial charge in [-0.25, -0.2) is 0 Å². The van der Waals surface area contributed by atoms with Crippen molar-refractivity contribution in [1.82, 2.24) is 5.32 Å². The van der Waals surface area contributed by atoms with Crippen LogP contribution in [0.5, 0.6) is 0 Å². The van der Waals surface area contributed by atoms with Gasteiger partial charge in [-0.2, -0.15) is 0 Å². The van der Waals surface area contributed by atoms with Gasteiger partial charge >= 0.3 is 0 Å². The molecular formula is C14H21Br2NO. The first-order chi connectivity index (χ1) is 8.40. The van der Waals surface area contributed by atoms with Gasteiger partial charge in [-0.1, -0.05) is 33.3 Å². The number of furan rings is 1. The molecule has 2 nitrogen and oxygen atoms in total. The fourth-order valence-corrected chi connectivity index (χ4v) is 2.15. The van der Waals surface area contributed by atoms with Gasteiger partial charge < -0.3 is 9.73 Å². The molecule has 0 radical (unpaired) electrons. The highest BCUT2D eigenvalue weighted by atomic mass is 79.9. The third-order valence-electron chi connectivity index (χ3n) is 2.62. The summed E-state index contributed by atoms with van der Waals surface area (Å²) in [6.45, 7) is 10.8. The minimum atomic E-state index is 0.507. The van der Waals surface area contributed by atoms with E-state index in [9.17, 15) is 0 Å². The summed E-state index contributed by atoms with van der Waals surface area (Å²) in [6.07, 6.45) is 2.12. The number of nitrogens with one attached hydrogen (secondary N) is 1. The van der Waals surface area contributed by atoms with Gasteiger partial charge in [-0.05, 0) is 62.4 Å². The van der Waals surface area contributed by atoms with Crippen molar-refractivity contribution in [3.05, 3.63) is 26.5 Å². The molecule has 18 heavy (non-hydrogen) atoms. The van der Waals surface area contributed by atoms with E-state index < -0.39 is 0 Å². The van der Waals surface area contributed by atoms with E-state index in [0.717, 1.165) is 28.0 Å². The molecule has 0 amide bonds. The van der Waals surface area contributed by atoms with Gasteiger partial charge in [0.2, 0.25) is 0 Å². The molecule has 0 aliphatic heterocycles. The monoisotopic (exact) mass is 377 g/mol. The van der Waals surface area contributed by atoms with Crippen molar-refractivity contribution < 1.29 is 4.42 Å². The molecule has 0 fully saturated rings. The molecule has 0 bridgehead atoms. The van der Waals surface area contributed by atoms with Crippen molar-refractivity contribution in [3.8, 4) is 0 Å². The molecule has 1 aromatic heterocycles. The van der Waals surface area contributed by atoms with E-state index in [1.165, 1.54) is 5.57 Å². The Morgan fingerprint density at radius 1 is 1.33 bits per heavy atom. The Hall–Kier alpha value is -0.0600. The standard InChI is InChI=1S/C14H21Br2NO/c1-9(2)7-17-8-11(10(3)4)5-12-6-13(15)14(16)18-12/h5-6,9-10,17H,7-8H2,1-4H3. The summed E-state index contributed by atoms with van der Waals surface area (Å²) in [5.74, 6) is 2.06. The van der Waals surface area contributed by atoms with E-state index >= 15 is 0 Å². The molecule has 0 aromatic carbocycles. The molecule has 0 saturated carbocycles. The van der Waals surface area contributed by atoms with Crippen LogP contribution in [0.1, 0.15) is 33.5 Å². The quantitative estimate of drug-likeness (QED) is 0.745. The molecule has 0 atom stereocenters. The smallest absolute Gasteiger partial charge is 0.184 e. The van der Waals surface area contributed by atoms with Crippen LogP contribution in [0, 0.1) is 11.8 Å². The normalized spacial score (nSPS) is 12.8. The van der Waals surface area contributed by atoms with Crippen LogP contribution in [0.2, 0.25) is 0 Å². The van der Waals surface area contributed by atoms with Crippen molar-refractivity contribution in [2.24, 2.45) is 11.8 Å². The predicted molar refractivity (Wildman–Crippen MR) is 84.6 cm³/mol. The van der Waals surface area contributed by atoms with Crippen molar-refractivity contribution >= 4 is 37.9 Å². The van der Waals surface area contributed by atoms with Gasteiger partial charge in [0.15, 0.2) is 4.67 Å². The first-order valence-corrected chi connectivity index (χ1v) is 7.84. The Kier molecular flexibility index (Phi) is 6.67. The van der Waals surface area contributed by atoms with Crippen LogP contribution in [0.15, 0.2) is 25.2 Å². The molecule has 0 unspecified atom stereocenters. The van der Waals surface area contributed by atoms with Crippen molar-refractivity contribution in [3.63, 3.8) is 0 Å². The molecule has 0 aliphatic rings. The van der Waals surface area contributed by atoms with E-state index in [2.05, 4.69) is 70.9 Å². The van der Waals surface area contributed by atoms with E-state index in [1.807, 2.05) is 6.07 Å². The summed E-state index contributed by atoms with van der Waals surface area (Å²) in [5, 5.41) is 3.47. The zero-order valence-corrected chi connectivity index (χ0v) is 14.6. The van der Waals surface area contributed by atoms with Crippen LogP contribution in [0.25, 0.3) is 6.08 Å². The third kappa shape index (κ3) is 5.29. The Morgan fingerprint density at radius 2 is 2.00 bits per heavy atom. The summed E-state index contributed by atoms with van der Waals surface area (Å²) in [7, 11) is 0. The molecule has 1 aromatic rings. The van der Waals surface area contributed by atoms with Gasteiger partial charge in [-0.15, -0.1) is 0 Å². The van der Waals surface area contributed by atoms with Crippen LogP contribution in [0.3, 0.4) is 0 Å². The molecule has 0 spiro atoms. The fraction of sp³-hybridized carbons (Fsp3) is 0.571. The van der Waals surface area contributed by atoms with Crippen molar-refractivity contribution in [2.45, 2.75) is 27.7 Å². The van der Waals surface area contributed by atoms with Gasteiger partial charge in [0.25, 0.3) is 0 Å². The van der Waals surface area contributed by atoms with Crippen LogP contribution < -0.4 is 5.32 Å². The van der Waals surface area contributed by atoms with Gasteiger partial charge in [-0.3, -0.25) is 0 Å². The Morgan fingerprint density at radius 3 is 2.44 bits per heavy atom. The van der Waals surface area contributed by atoms with E-state index in [1.54, 1.807) is 0 Å². The maximum atomic E-state index is 5.59. The number of hydrogen-bond donors (Lipinski definition) is 1. The van der Waals surface area contributed by atoms with Crippen LogP contribution in [0.4, 0.5) is 0 Å². The summed E-state index contributed by atoms with van der Waals surface area (Å²) in [6, 6.07) is 1.98. The molecular weight excluding hydrogens is 358 g/mol. The van der Waals surface area contributed by atoms with Gasteiger partial charge in [0.05, 0.1) is 4.47 Å². The first kappa shape index (κ1) is 16.0. The Bertz CT molecular complexity index is 388. The van der Waals surface area contributed by atoms with E-state index in [-0.39, 0.29) is 0 Å². The highest BCUT2D eigenvalue weighted by Crippen LogP contribution is 2.28. The van der Waals surface area contributed by atoms with Crippen LogP contribution in [-0.2, 0) is 0 Å². The first-order valence-electron chi connectivity index (χ1n) is 6.26. The van der Waals surface area contributed by atoms with Gasteiger partial charge in [0.1, 0.15) is 5.76 Å². The second-order valence-corrected chi connectivity index (χ2v) is 6.74. The van der Waals surface area contributed by atoms with Crippen molar-refractivity contribution in [2.75, 3.05) is 13.1 Å². The molecule has 0 aliphatic carbocycles. The van der Waals surface area contributed by atoms with E-state index in [0.29, 0.717) is 11.8 Å². The number of hydrogen-bond acceptors (Lipinski definition) is 2. The lowest BCUT2D eigenvalue weighted by atomic mass is 10.0. The zero-order valence-electron chi connectivity index (χ0n) is 11.4. The minimum absolute atomic E-state index is 0.507. The van der Waals surface area contributed by atoms with Crippen molar-refractivity contribution in [1.29, 1.82) is 0 Å². The summed E-state index contributed by atoms with van der Waals surface area (Å²) >= 11 is 6.79. The largest absolute Gasteiger partial charge is 0.449 e. The SMILES string of the molecule is CC(C)CNCC(=Cc1cc(Br)c(Br)o1)C(C)C. The Labute approximate surface area is 126 Å². The third-order valence-corrected chi connectivity index (χ3v) is 4.33. The zero-order chi connectivity index (χ0) is 13.7. The van der Waals surface area contributed by atoms with Gasteiger partial charge in [0, 0.05) is 6.54 Å². The average molecular weight is 379 g/mol. The Balaban J connectivity index is 2.71. The average Bonchev–Trinajstić information content (AvgIpc) is 2.56. The molecule has 0 saturated heterocycles. The maximum Gasteiger partial charge on any atom is 0.184 e. The summed E-state index contributed by atoms with van der Waals surface area (Å²) in [4.78, 5) is 0. The lowest BCUT2D eigenvalue weighted by Crippen LogP contribution is -2.23. The van der Waals surface area contributed by atoms with Crippen LogP contribution >= 0.6 is 31.9 Å².